The van der Waals surface area contributed by atoms with Crippen molar-refractivity contribution in [1.29, 1.82) is 0 Å². The van der Waals surface area contributed by atoms with E-state index in [-0.39, 0.29) is 18.6 Å². The van der Waals surface area contributed by atoms with Crippen LogP contribution in [0.25, 0.3) is 0 Å². The van der Waals surface area contributed by atoms with Gasteiger partial charge in [-0.2, -0.15) is 0 Å². The SMILES string of the molecule is CCOP(=O)(CCNCC(=O)N1CCc2cc(OC3CCCCC3)ccc21)OCC. The van der Waals surface area contributed by atoms with Crippen LogP contribution >= 0.6 is 7.60 Å². The molecule has 1 fully saturated rings. The second kappa shape index (κ2) is 11.3. The van der Waals surface area contributed by atoms with Gasteiger partial charge in [-0.1, -0.05) is 6.42 Å². The highest BCUT2D eigenvalue weighted by Gasteiger charge is 2.26. The molecule has 1 amide bonds. The molecule has 1 aromatic rings. The summed E-state index contributed by atoms with van der Waals surface area (Å²) in [5.74, 6) is 0.924. The lowest BCUT2D eigenvalue weighted by Gasteiger charge is -2.23. The van der Waals surface area contributed by atoms with Gasteiger partial charge in [0.25, 0.3) is 0 Å². The predicted molar refractivity (Wildman–Crippen MR) is 119 cm³/mol. The van der Waals surface area contributed by atoms with Crippen molar-refractivity contribution in [2.24, 2.45) is 0 Å². The van der Waals surface area contributed by atoms with Crippen LogP contribution in [0.2, 0.25) is 0 Å². The largest absolute Gasteiger partial charge is 0.490 e. The van der Waals surface area contributed by atoms with Crippen LogP contribution in [0.4, 0.5) is 5.69 Å². The van der Waals surface area contributed by atoms with Gasteiger partial charge >= 0.3 is 7.60 Å². The second-order valence-corrected chi connectivity index (χ2v) is 10.00. The Labute approximate surface area is 180 Å². The minimum absolute atomic E-state index is 0.0114. The third-order valence-corrected chi connectivity index (χ3v) is 7.67. The highest BCUT2D eigenvalue weighted by molar-refractivity contribution is 7.53. The van der Waals surface area contributed by atoms with Gasteiger partial charge in [-0.05, 0) is 69.7 Å². The molecule has 0 unspecified atom stereocenters. The van der Waals surface area contributed by atoms with E-state index in [0.29, 0.717) is 32.4 Å². The molecule has 1 N–H and O–H groups in total. The van der Waals surface area contributed by atoms with Gasteiger partial charge < -0.3 is 24.0 Å². The van der Waals surface area contributed by atoms with Gasteiger partial charge in [-0.25, -0.2) is 0 Å². The number of benzene rings is 1. The first-order valence-electron chi connectivity index (χ1n) is 11.2. The Morgan fingerprint density at radius 2 is 1.90 bits per heavy atom. The second-order valence-electron chi connectivity index (χ2n) is 7.81. The van der Waals surface area contributed by atoms with Crippen LogP contribution < -0.4 is 15.0 Å². The number of carbonyl (C=O) groups excluding carboxylic acids is 1. The van der Waals surface area contributed by atoms with Crippen molar-refractivity contribution in [3.05, 3.63) is 23.8 Å². The molecule has 0 aromatic heterocycles. The van der Waals surface area contributed by atoms with E-state index in [2.05, 4.69) is 11.4 Å². The van der Waals surface area contributed by atoms with Crippen molar-refractivity contribution in [2.75, 3.05) is 43.9 Å². The summed E-state index contributed by atoms with van der Waals surface area (Å²) >= 11 is 0. The van der Waals surface area contributed by atoms with E-state index in [4.69, 9.17) is 13.8 Å². The summed E-state index contributed by atoms with van der Waals surface area (Å²) in [5.41, 5.74) is 2.13. The summed E-state index contributed by atoms with van der Waals surface area (Å²) < 4.78 is 29.2. The van der Waals surface area contributed by atoms with Crippen molar-refractivity contribution < 1.29 is 23.1 Å². The number of ether oxygens (including phenoxy) is 1. The molecule has 0 bridgehead atoms. The van der Waals surface area contributed by atoms with Crippen molar-refractivity contribution in [2.45, 2.75) is 58.5 Å². The molecular formula is C22H35N2O5P. The molecule has 8 heteroatoms. The molecule has 1 aliphatic heterocycles. The van der Waals surface area contributed by atoms with Crippen LogP contribution in [0.1, 0.15) is 51.5 Å². The lowest BCUT2D eigenvalue weighted by atomic mass is 9.98. The van der Waals surface area contributed by atoms with Crippen LogP contribution in [0.5, 0.6) is 5.75 Å². The zero-order chi connectivity index (χ0) is 21.4. The molecule has 1 aliphatic carbocycles. The number of carbonyl (C=O) groups is 1. The maximum Gasteiger partial charge on any atom is 0.331 e. The number of nitrogens with zero attached hydrogens (tertiary/aromatic N) is 1. The maximum atomic E-state index is 12.7. The van der Waals surface area contributed by atoms with E-state index in [1.54, 1.807) is 13.8 Å². The summed E-state index contributed by atoms with van der Waals surface area (Å²) in [7, 11) is -3.08. The van der Waals surface area contributed by atoms with E-state index in [1.807, 2.05) is 17.0 Å². The Morgan fingerprint density at radius 1 is 1.17 bits per heavy atom. The van der Waals surface area contributed by atoms with E-state index < -0.39 is 7.60 Å². The highest BCUT2D eigenvalue weighted by Crippen LogP contribution is 2.47. The van der Waals surface area contributed by atoms with E-state index in [0.717, 1.165) is 36.3 Å². The Hall–Kier alpha value is -1.40. The first-order chi connectivity index (χ1) is 14.5. The summed E-state index contributed by atoms with van der Waals surface area (Å²) in [4.78, 5) is 14.5. The summed E-state index contributed by atoms with van der Waals surface area (Å²) in [6.07, 6.45) is 7.48. The molecule has 1 heterocycles. The van der Waals surface area contributed by atoms with Gasteiger partial charge in [0.2, 0.25) is 5.91 Å². The number of fused-ring (bicyclic) bond motifs is 1. The molecule has 30 heavy (non-hydrogen) atoms. The first kappa shape index (κ1) is 23.3. The third-order valence-electron chi connectivity index (χ3n) is 5.59. The number of hydrogen-bond donors (Lipinski definition) is 1. The fourth-order valence-corrected chi connectivity index (χ4v) is 5.70. The van der Waals surface area contributed by atoms with E-state index in [1.165, 1.54) is 19.3 Å². The van der Waals surface area contributed by atoms with Crippen molar-refractivity contribution in [1.82, 2.24) is 5.32 Å². The summed E-state index contributed by atoms with van der Waals surface area (Å²) in [5, 5.41) is 3.08. The van der Waals surface area contributed by atoms with Gasteiger partial charge in [0.1, 0.15) is 5.75 Å². The topological polar surface area (TPSA) is 77.1 Å². The fraction of sp³-hybridized carbons (Fsp3) is 0.682. The van der Waals surface area contributed by atoms with Crippen LogP contribution in [0.15, 0.2) is 18.2 Å². The molecule has 0 saturated heterocycles. The predicted octanol–water partition coefficient (Wildman–Crippen LogP) is 4.14. The molecule has 0 atom stereocenters. The van der Waals surface area contributed by atoms with Gasteiger partial charge in [0, 0.05) is 18.8 Å². The molecular weight excluding hydrogens is 403 g/mol. The van der Waals surface area contributed by atoms with Crippen molar-refractivity contribution in [3.63, 3.8) is 0 Å². The van der Waals surface area contributed by atoms with Gasteiger partial charge in [-0.3, -0.25) is 9.36 Å². The molecule has 1 saturated carbocycles. The number of hydrogen-bond acceptors (Lipinski definition) is 6. The normalized spacial score (nSPS) is 17.2. The number of rotatable bonds is 11. The van der Waals surface area contributed by atoms with E-state index >= 15 is 0 Å². The first-order valence-corrected chi connectivity index (χ1v) is 13.0. The number of anilines is 1. The van der Waals surface area contributed by atoms with Crippen LogP contribution in [0, 0.1) is 0 Å². The Kier molecular flexibility index (Phi) is 8.75. The van der Waals surface area contributed by atoms with Gasteiger partial charge in [0.15, 0.2) is 0 Å². The van der Waals surface area contributed by atoms with E-state index in [9.17, 15) is 9.36 Å². The quantitative estimate of drug-likeness (QED) is 0.413. The van der Waals surface area contributed by atoms with Crippen molar-refractivity contribution in [3.8, 4) is 5.75 Å². The minimum Gasteiger partial charge on any atom is -0.490 e. The zero-order valence-electron chi connectivity index (χ0n) is 18.2. The monoisotopic (exact) mass is 438 g/mol. The maximum absolute atomic E-state index is 12.7. The lowest BCUT2D eigenvalue weighted by molar-refractivity contribution is -0.117. The molecule has 0 spiro atoms. The Bertz CT molecular complexity index is 741. The Balaban J connectivity index is 1.48. The summed E-state index contributed by atoms with van der Waals surface area (Å²) in [6.45, 7) is 5.54. The summed E-state index contributed by atoms with van der Waals surface area (Å²) in [6, 6.07) is 6.06. The average Bonchev–Trinajstić information content (AvgIpc) is 3.15. The molecule has 3 rings (SSSR count). The fourth-order valence-electron chi connectivity index (χ4n) is 4.15. The molecule has 168 valence electrons. The van der Waals surface area contributed by atoms with Gasteiger partial charge in [0.05, 0.1) is 32.0 Å². The van der Waals surface area contributed by atoms with Crippen molar-refractivity contribution >= 4 is 19.2 Å². The lowest BCUT2D eigenvalue weighted by Crippen LogP contribution is -2.38. The zero-order valence-corrected chi connectivity index (χ0v) is 19.1. The minimum atomic E-state index is -3.08. The average molecular weight is 439 g/mol. The number of amides is 1. The molecule has 0 radical (unpaired) electrons. The molecule has 2 aliphatic rings. The standard InChI is InChI=1S/C22H35N2O5P/c1-3-27-30(26,28-4-2)15-13-23-17-22(25)24-14-12-18-16-20(10-11-21(18)24)29-19-8-6-5-7-9-19/h10-11,16,19,23H,3-9,12-15,17H2,1-2H3. The van der Waals surface area contributed by atoms with Crippen LogP contribution in [0.3, 0.4) is 0 Å². The smallest absolute Gasteiger partial charge is 0.331 e. The molecule has 7 nitrogen and oxygen atoms in total. The van der Waals surface area contributed by atoms with Crippen LogP contribution in [-0.4, -0.2) is 51.0 Å². The highest BCUT2D eigenvalue weighted by atomic mass is 31.2. The molecule has 1 aromatic carbocycles. The van der Waals surface area contributed by atoms with Crippen LogP contribution in [-0.2, 0) is 24.8 Å². The van der Waals surface area contributed by atoms with Gasteiger partial charge in [-0.15, -0.1) is 0 Å². The number of nitrogens with one attached hydrogen (secondary N) is 1. The third kappa shape index (κ3) is 6.30. The Morgan fingerprint density at radius 3 is 2.60 bits per heavy atom.